The third-order valence-corrected chi connectivity index (χ3v) is 5.08. The van der Waals surface area contributed by atoms with Gasteiger partial charge in [-0.05, 0) is 49.9 Å². The zero-order valence-corrected chi connectivity index (χ0v) is 18.8. The second-order valence-corrected chi connectivity index (χ2v) is 8.44. The van der Waals surface area contributed by atoms with Gasteiger partial charge in [0.15, 0.2) is 6.10 Å². The highest BCUT2D eigenvalue weighted by molar-refractivity contribution is 6.00. The molecule has 2 aromatic carbocycles. The molecule has 0 fully saturated rings. The fourth-order valence-electron chi connectivity index (χ4n) is 3.32. The number of carbonyl (C=O) groups is 3. The first kappa shape index (κ1) is 23.1. The lowest BCUT2D eigenvalue weighted by molar-refractivity contribution is -0.122. The second-order valence-electron chi connectivity index (χ2n) is 8.44. The molecular weight excluding hydrogens is 408 g/mol. The van der Waals surface area contributed by atoms with Crippen molar-refractivity contribution in [3.8, 4) is 5.75 Å². The van der Waals surface area contributed by atoms with Crippen LogP contribution in [0.3, 0.4) is 0 Å². The summed E-state index contributed by atoms with van der Waals surface area (Å²) in [7, 11) is 0. The summed E-state index contributed by atoms with van der Waals surface area (Å²) in [5, 5.41) is 11.1. The summed E-state index contributed by atoms with van der Waals surface area (Å²) in [6, 6.07) is 11.8. The molecule has 0 saturated carbocycles. The summed E-state index contributed by atoms with van der Waals surface area (Å²) in [5.41, 5.74) is 3.12. The van der Waals surface area contributed by atoms with Gasteiger partial charge in [-0.2, -0.15) is 0 Å². The van der Waals surface area contributed by atoms with Crippen molar-refractivity contribution in [3.05, 3.63) is 53.6 Å². The maximum absolute atomic E-state index is 12.9. The summed E-state index contributed by atoms with van der Waals surface area (Å²) in [6.07, 6.45) is -0.0903. The predicted octanol–water partition coefficient (Wildman–Crippen LogP) is 3.57. The molecule has 0 aromatic heterocycles. The van der Waals surface area contributed by atoms with Crippen molar-refractivity contribution < 1.29 is 19.1 Å². The molecule has 8 heteroatoms. The van der Waals surface area contributed by atoms with Crippen LogP contribution in [-0.2, 0) is 16.1 Å². The minimum atomic E-state index is -0.713. The van der Waals surface area contributed by atoms with Gasteiger partial charge in [0.25, 0.3) is 5.91 Å². The Labute approximate surface area is 188 Å². The van der Waals surface area contributed by atoms with Crippen LogP contribution in [0, 0.1) is 12.8 Å². The molecule has 1 aliphatic rings. The Morgan fingerprint density at radius 1 is 1.12 bits per heavy atom. The quantitative estimate of drug-likeness (QED) is 0.530. The van der Waals surface area contributed by atoms with Gasteiger partial charge in [0.05, 0.1) is 5.69 Å². The van der Waals surface area contributed by atoms with Crippen molar-refractivity contribution in [3.63, 3.8) is 0 Å². The van der Waals surface area contributed by atoms with E-state index in [0.29, 0.717) is 30.1 Å². The van der Waals surface area contributed by atoms with Crippen LogP contribution in [0.2, 0.25) is 0 Å². The standard InChI is InChI=1S/C24H30N4O4/c1-14(2)11-20(28-24(31)25-13-17-7-5-15(3)6-8-17)23(30)26-18-9-10-21-19(12-18)27-22(29)16(4)32-21/h5-10,12,14,16,20H,11,13H2,1-4H3,(H,26,30)(H,27,29)(H2,25,28,31). The van der Waals surface area contributed by atoms with Crippen LogP contribution >= 0.6 is 0 Å². The smallest absolute Gasteiger partial charge is 0.315 e. The number of fused-ring (bicyclic) bond motifs is 1. The van der Waals surface area contributed by atoms with Crippen LogP contribution in [0.1, 0.15) is 38.3 Å². The van der Waals surface area contributed by atoms with Gasteiger partial charge < -0.3 is 26.0 Å². The molecule has 0 radical (unpaired) electrons. The van der Waals surface area contributed by atoms with E-state index >= 15 is 0 Å². The van der Waals surface area contributed by atoms with Gasteiger partial charge in [0.2, 0.25) is 5.91 Å². The van der Waals surface area contributed by atoms with Gasteiger partial charge in [0, 0.05) is 12.2 Å². The van der Waals surface area contributed by atoms with Crippen LogP contribution in [0.15, 0.2) is 42.5 Å². The molecule has 0 aliphatic carbocycles. The van der Waals surface area contributed by atoms with E-state index in [-0.39, 0.29) is 17.7 Å². The topological polar surface area (TPSA) is 109 Å². The van der Waals surface area contributed by atoms with E-state index in [2.05, 4.69) is 21.3 Å². The zero-order valence-electron chi connectivity index (χ0n) is 18.8. The van der Waals surface area contributed by atoms with Crippen LogP contribution in [0.5, 0.6) is 5.75 Å². The highest BCUT2D eigenvalue weighted by Gasteiger charge is 2.25. The largest absolute Gasteiger partial charge is 0.479 e. The van der Waals surface area contributed by atoms with Crippen LogP contribution in [0.4, 0.5) is 16.2 Å². The summed E-state index contributed by atoms with van der Waals surface area (Å²) in [5.74, 6) is 0.162. The maximum atomic E-state index is 12.9. The van der Waals surface area contributed by atoms with Gasteiger partial charge >= 0.3 is 6.03 Å². The maximum Gasteiger partial charge on any atom is 0.315 e. The van der Waals surface area contributed by atoms with E-state index in [1.54, 1.807) is 25.1 Å². The molecule has 170 valence electrons. The Balaban J connectivity index is 1.61. The van der Waals surface area contributed by atoms with Gasteiger partial charge in [-0.25, -0.2) is 4.79 Å². The molecule has 0 spiro atoms. The van der Waals surface area contributed by atoms with E-state index < -0.39 is 18.2 Å². The van der Waals surface area contributed by atoms with Crippen LogP contribution in [0.25, 0.3) is 0 Å². The first-order valence-electron chi connectivity index (χ1n) is 10.7. The number of hydrogen-bond donors (Lipinski definition) is 4. The number of hydrogen-bond acceptors (Lipinski definition) is 4. The van der Waals surface area contributed by atoms with Gasteiger partial charge in [-0.3, -0.25) is 9.59 Å². The van der Waals surface area contributed by atoms with Gasteiger partial charge in [0.1, 0.15) is 11.8 Å². The molecule has 1 heterocycles. The Morgan fingerprint density at radius 2 is 1.84 bits per heavy atom. The number of benzene rings is 2. The highest BCUT2D eigenvalue weighted by atomic mass is 16.5. The normalized spacial score (nSPS) is 15.8. The number of nitrogens with one attached hydrogen (secondary N) is 4. The summed E-state index contributed by atoms with van der Waals surface area (Å²) >= 11 is 0. The number of amides is 4. The molecule has 2 aromatic rings. The van der Waals surface area contributed by atoms with E-state index in [1.165, 1.54) is 0 Å². The number of ether oxygens (including phenoxy) is 1. The summed E-state index contributed by atoms with van der Waals surface area (Å²) in [4.78, 5) is 37.2. The molecule has 4 amide bonds. The van der Waals surface area contributed by atoms with E-state index in [4.69, 9.17) is 4.74 Å². The molecule has 8 nitrogen and oxygen atoms in total. The fraction of sp³-hybridized carbons (Fsp3) is 0.375. The molecule has 1 aliphatic heterocycles. The van der Waals surface area contributed by atoms with Crippen molar-refractivity contribution in [2.24, 2.45) is 5.92 Å². The van der Waals surface area contributed by atoms with Crippen molar-refractivity contribution in [1.82, 2.24) is 10.6 Å². The Bertz CT molecular complexity index is 988. The number of urea groups is 1. The van der Waals surface area contributed by atoms with E-state index in [9.17, 15) is 14.4 Å². The zero-order chi connectivity index (χ0) is 23.3. The lowest BCUT2D eigenvalue weighted by Crippen LogP contribution is -2.48. The molecular formula is C24H30N4O4. The molecule has 0 bridgehead atoms. The number of rotatable bonds is 7. The monoisotopic (exact) mass is 438 g/mol. The Hall–Kier alpha value is -3.55. The molecule has 32 heavy (non-hydrogen) atoms. The number of anilines is 2. The lowest BCUT2D eigenvalue weighted by atomic mass is 10.0. The SMILES string of the molecule is Cc1ccc(CNC(=O)NC(CC(C)C)C(=O)Nc2ccc3c(c2)NC(=O)C(C)O3)cc1. The third kappa shape index (κ3) is 6.23. The van der Waals surface area contributed by atoms with Crippen molar-refractivity contribution in [2.45, 2.75) is 52.8 Å². The Morgan fingerprint density at radius 3 is 2.53 bits per heavy atom. The van der Waals surface area contributed by atoms with Crippen molar-refractivity contribution in [2.75, 3.05) is 10.6 Å². The third-order valence-electron chi connectivity index (χ3n) is 5.08. The molecule has 4 N–H and O–H groups in total. The molecule has 3 rings (SSSR count). The van der Waals surface area contributed by atoms with Gasteiger partial charge in [-0.1, -0.05) is 43.7 Å². The molecule has 0 saturated heterocycles. The van der Waals surface area contributed by atoms with Gasteiger partial charge in [-0.15, -0.1) is 0 Å². The van der Waals surface area contributed by atoms with Crippen LogP contribution < -0.4 is 26.0 Å². The van der Waals surface area contributed by atoms with Crippen molar-refractivity contribution >= 4 is 29.2 Å². The Kier molecular flexibility index (Phi) is 7.35. The molecule has 2 unspecified atom stereocenters. The molecule has 2 atom stereocenters. The number of aryl methyl sites for hydroxylation is 1. The van der Waals surface area contributed by atoms with E-state index in [0.717, 1.165) is 11.1 Å². The van der Waals surface area contributed by atoms with Crippen molar-refractivity contribution in [1.29, 1.82) is 0 Å². The summed E-state index contributed by atoms with van der Waals surface area (Å²) < 4.78 is 5.54. The van der Waals surface area contributed by atoms with E-state index in [1.807, 2.05) is 45.0 Å². The lowest BCUT2D eigenvalue weighted by Gasteiger charge is -2.24. The number of carbonyl (C=O) groups excluding carboxylic acids is 3. The first-order valence-corrected chi connectivity index (χ1v) is 10.7. The first-order chi connectivity index (χ1) is 15.2. The average Bonchev–Trinajstić information content (AvgIpc) is 2.73. The fourth-order valence-corrected chi connectivity index (χ4v) is 3.32. The summed E-state index contributed by atoms with van der Waals surface area (Å²) in [6.45, 7) is 8.01. The minimum absolute atomic E-state index is 0.195. The predicted molar refractivity (Wildman–Crippen MR) is 124 cm³/mol. The minimum Gasteiger partial charge on any atom is -0.479 e. The average molecular weight is 439 g/mol. The highest BCUT2D eigenvalue weighted by Crippen LogP contribution is 2.32. The second kappa shape index (κ2) is 10.2. The van der Waals surface area contributed by atoms with Crippen LogP contribution in [-0.4, -0.2) is 30.0 Å².